The number of carbonyl (C=O) groups excluding carboxylic acids is 1. The fraction of sp³-hybridized carbons (Fsp3) is 0.0455. The second kappa shape index (κ2) is 7.80. The van der Waals surface area contributed by atoms with Crippen LogP contribution in [0.3, 0.4) is 0 Å². The van der Waals surface area contributed by atoms with Crippen molar-refractivity contribution >= 4 is 5.91 Å². The zero-order valence-electron chi connectivity index (χ0n) is 16.0. The topological polar surface area (TPSA) is 88.2 Å². The van der Waals surface area contributed by atoms with Crippen LogP contribution in [-0.4, -0.2) is 30.9 Å². The Morgan fingerprint density at radius 1 is 0.875 bits per heavy atom. The molecule has 0 aliphatic carbocycles. The summed E-state index contributed by atoms with van der Waals surface area (Å²) in [4.78, 5) is 17.2. The molecule has 0 fully saturated rings. The van der Waals surface area contributed by atoms with Crippen LogP contribution in [0.4, 0.5) is 17.6 Å². The Morgan fingerprint density at radius 2 is 1.56 bits per heavy atom. The highest BCUT2D eigenvalue weighted by atomic mass is 19.4. The first-order chi connectivity index (χ1) is 15.1. The number of benzene rings is 3. The van der Waals surface area contributed by atoms with Gasteiger partial charge in [-0.3, -0.25) is 4.79 Å². The molecule has 0 aliphatic heterocycles. The molecule has 10 heteroatoms. The second-order valence-corrected chi connectivity index (χ2v) is 6.73. The van der Waals surface area contributed by atoms with Crippen molar-refractivity contribution in [2.24, 2.45) is 0 Å². The smallest absolute Gasteiger partial charge is 0.416 e. The van der Waals surface area contributed by atoms with E-state index in [9.17, 15) is 32.6 Å². The summed E-state index contributed by atoms with van der Waals surface area (Å²) in [5, 5.41) is 24.4. The molecule has 0 spiro atoms. The van der Waals surface area contributed by atoms with Crippen LogP contribution in [0.15, 0.2) is 66.7 Å². The van der Waals surface area contributed by atoms with Gasteiger partial charge in [0.2, 0.25) is 0 Å². The van der Waals surface area contributed by atoms with Crippen LogP contribution in [0.25, 0.3) is 22.8 Å². The van der Waals surface area contributed by atoms with Gasteiger partial charge in [-0.05, 0) is 54.6 Å². The van der Waals surface area contributed by atoms with Crippen LogP contribution in [0.1, 0.15) is 15.9 Å². The summed E-state index contributed by atoms with van der Waals surface area (Å²) in [6.07, 6.45) is -4.66. The molecule has 6 nitrogen and oxygen atoms in total. The Balaban J connectivity index is 1.88. The zero-order chi connectivity index (χ0) is 23.0. The lowest BCUT2D eigenvalue weighted by Crippen LogP contribution is -2.15. The predicted octanol–water partition coefficient (Wildman–Crippen LogP) is 4.87. The van der Waals surface area contributed by atoms with Crippen molar-refractivity contribution in [3.63, 3.8) is 0 Å². The minimum atomic E-state index is -4.66. The standard InChI is InChI=1S/C22H13F4N3O3/c23-14-8-5-12(6-9-14)21(32)29-20(16-3-1-2-4-17(16)30)27-19(28-29)15-10-7-13(11-18(15)31)22(24,25)26/h1-11,30-31H. The fourth-order valence-corrected chi connectivity index (χ4v) is 3.02. The number of rotatable bonds is 3. The van der Waals surface area contributed by atoms with Crippen molar-refractivity contribution in [1.29, 1.82) is 0 Å². The van der Waals surface area contributed by atoms with Gasteiger partial charge in [0.15, 0.2) is 11.6 Å². The summed E-state index contributed by atoms with van der Waals surface area (Å²) in [7, 11) is 0. The number of carbonyl (C=O) groups is 1. The Morgan fingerprint density at radius 3 is 2.19 bits per heavy atom. The van der Waals surface area contributed by atoms with E-state index < -0.39 is 29.2 Å². The average molecular weight is 443 g/mol. The summed E-state index contributed by atoms with van der Waals surface area (Å²) in [6.45, 7) is 0. The molecule has 162 valence electrons. The molecule has 4 rings (SSSR count). The largest absolute Gasteiger partial charge is 0.507 e. The fourth-order valence-electron chi connectivity index (χ4n) is 3.02. The van der Waals surface area contributed by atoms with Gasteiger partial charge in [0.05, 0.1) is 16.7 Å². The van der Waals surface area contributed by atoms with Crippen LogP contribution in [0.2, 0.25) is 0 Å². The molecule has 0 atom stereocenters. The number of para-hydroxylation sites is 1. The summed E-state index contributed by atoms with van der Waals surface area (Å²) < 4.78 is 52.8. The highest BCUT2D eigenvalue weighted by Gasteiger charge is 2.32. The van der Waals surface area contributed by atoms with Crippen molar-refractivity contribution in [1.82, 2.24) is 14.8 Å². The number of alkyl halides is 3. The maximum Gasteiger partial charge on any atom is 0.416 e. The normalized spacial score (nSPS) is 11.5. The Kier molecular flexibility index (Phi) is 5.13. The number of halogens is 4. The van der Waals surface area contributed by atoms with Crippen LogP contribution in [-0.2, 0) is 6.18 Å². The van der Waals surface area contributed by atoms with E-state index in [2.05, 4.69) is 10.1 Å². The van der Waals surface area contributed by atoms with Crippen LogP contribution in [0.5, 0.6) is 11.5 Å². The molecule has 3 aromatic carbocycles. The van der Waals surface area contributed by atoms with Gasteiger partial charge in [-0.1, -0.05) is 12.1 Å². The highest BCUT2D eigenvalue weighted by Crippen LogP contribution is 2.37. The molecule has 2 N–H and O–H groups in total. The molecular weight excluding hydrogens is 430 g/mol. The van der Waals surface area contributed by atoms with E-state index in [-0.39, 0.29) is 34.1 Å². The quantitative estimate of drug-likeness (QED) is 0.441. The van der Waals surface area contributed by atoms with E-state index in [4.69, 9.17) is 0 Å². The number of hydrogen-bond donors (Lipinski definition) is 2. The molecule has 1 aromatic heterocycles. The molecule has 0 unspecified atom stereocenters. The second-order valence-electron chi connectivity index (χ2n) is 6.73. The van der Waals surface area contributed by atoms with Crippen molar-refractivity contribution in [3.05, 3.63) is 83.7 Å². The minimum Gasteiger partial charge on any atom is -0.507 e. The molecule has 0 saturated heterocycles. The third-order valence-corrected chi connectivity index (χ3v) is 4.60. The molecule has 32 heavy (non-hydrogen) atoms. The lowest BCUT2D eigenvalue weighted by molar-refractivity contribution is -0.137. The third-order valence-electron chi connectivity index (χ3n) is 4.60. The van der Waals surface area contributed by atoms with Crippen molar-refractivity contribution < 1.29 is 32.6 Å². The summed E-state index contributed by atoms with van der Waals surface area (Å²) in [6, 6.07) is 12.8. The SMILES string of the molecule is O=C(c1ccc(F)cc1)n1nc(-c2ccc(C(F)(F)F)cc2O)nc1-c1ccccc1O. The van der Waals surface area contributed by atoms with E-state index in [0.717, 1.165) is 28.9 Å². The maximum absolute atomic E-state index is 13.2. The van der Waals surface area contributed by atoms with Gasteiger partial charge in [-0.15, -0.1) is 5.10 Å². The van der Waals surface area contributed by atoms with Gasteiger partial charge in [-0.2, -0.15) is 17.9 Å². The predicted molar refractivity (Wildman–Crippen MR) is 105 cm³/mol. The van der Waals surface area contributed by atoms with E-state index in [1.807, 2.05) is 0 Å². The summed E-state index contributed by atoms with van der Waals surface area (Å²) in [5.41, 5.74) is -1.05. The molecule has 4 aromatic rings. The van der Waals surface area contributed by atoms with Crippen molar-refractivity contribution in [2.75, 3.05) is 0 Å². The lowest BCUT2D eigenvalue weighted by Gasteiger charge is -2.08. The van der Waals surface area contributed by atoms with Crippen molar-refractivity contribution in [3.8, 4) is 34.3 Å². The Labute approximate surface area is 178 Å². The number of hydrogen-bond acceptors (Lipinski definition) is 5. The number of aromatic nitrogens is 3. The van der Waals surface area contributed by atoms with E-state index in [0.29, 0.717) is 6.07 Å². The number of aromatic hydroxyl groups is 2. The lowest BCUT2D eigenvalue weighted by atomic mass is 10.1. The number of nitrogens with zero attached hydrogens (tertiary/aromatic N) is 3. The van der Waals surface area contributed by atoms with E-state index in [1.54, 1.807) is 12.1 Å². The van der Waals surface area contributed by atoms with Gasteiger partial charge in [0.25, 0.3) is 5.91 Å². The first-order valence-corrected chi connectivity index (χ1v) is 9.11. The maximum atomic E-state index is 13.2. The van der Waals surface area contributed by atoms with E-state index >= 15 is 0 Å². The third kappa shape index (κ3) is 3.89. The van der Waals surface area contributed by atoms with E-state index in [1.165, 1.54) is 24.3 Å². The minimum absolute atomic E-state index is 0.0520. The first kappa shape index (κ1) is 21.0. The zero-order valence-corrected chi connectivity index (χ0v) is 16.0. The summed E-state index contributed by atoms with van der Waals surface area (Å²) >= 11 is 0. The molecular formula is C22H13F4N3O3. The van der Waals surface area contributed by atoms with Crippen LogP contribution >= 0.6 is 0 Å². The molecule has 0 aliphatic rings. The molecule has 0 saturated carbocycles. The van der Waals surface area contributed by atoms with Crippen LogP contribution < -0.4 is 0 Å². The Hall–Kier alpha value is -4.21. The van der Waals surface area contributed by atoms with Gasteiger partial charge in [0.1, 0.15) is 17.3 Å². The van der Waals surface area contributed by atoms with Crippen molar-refractivity contribution in [2.45, 2.75) is 6.18 Å². The van der Waals surface area contributed by atoms with Gasteiger partial charge in [-0.25, -0.2) is 9.37 Å². The van der Waals surface area contributed by atoms with Crippen LogP contribution in [0, 0.1) is 5.82 Å². The summed E-state index contributed by atoms with van der Waals surface area (Å²) in [5.74, 6) is -2.62. The monoisotopic (exact) mass is 443 g/mol. The number of phenols is 2. The molecule has 0 amide bonds. The Bertz CT molecular complexity index is 1310. The molecule has 0 bridgehead atoms. The molecule has 1 heterocycles. The molecule has 0 radical (unpaired) electrons. The van der Waals surface area contributed by atoms with Gasteiger partial charge >= 0.3 is 6.18 Å². The van der Waals surface area contributed by atoms with Gasteiger partial charge in [0, 0.05) is 5.56 Å². The average Bonchev–Trinajstić information content (AvgIpc) is 3.18. The number of phenolic OH excluding ortho intramolecular Hbond substituents is 2. The first-order valence-electron chi connectivity index (χ1n) is 9.11. The highest BCUT2D eigenvalue weighted by molar-refractivity contribution is 5.98. The van der Waals surface area contributed by atoms with Gasteiger partial charge < -0.3 is 10.2 Å².